The number of nitrogens with zero attached hydrogens (tertiary/aromatic N) is 2. The van der Waals surface area contributed by atoms with Gasteiger partial charge in [-0.2, -0.15) is 0 Å². The van der Waals surface area contributed by atoms with Gasteiger partial charge in [0.15, 0.2) is 0 Å². The molecule has 0 aromatic heterocycles. The SMILES string of the molecule is CC(C)OCCN1CCCN(CCCl)CC1. The van der Waals surface area contributed by atoms with Crippen LogP contribution in [0, 0.1) is 0 Å². The van der Waals surface area contributed by atoms with E-state index in [0.717, 1.165) is 38.7 Å². The van der Waals surface area contributed by atoms with Gasteiger partial charge in [0, 0.05) is 32.1 Å². The molecule has 1 fully saturated rings. The van der Waals surface area contributed by atoms with Gasteiger partial charge < -0.3 is 9.64 Å². The maximum absolute atomic E-state index is 5.77. The monoisotopic (exact) mass is 248 g/mol. The summed E-state index contributed by atoms with van der Waals surface area (Å²) in [5.41, 5.74) is 0. The maximum Gasteiger partial charge on any atom is 0.0596 e. The van der Waals surface area contributed by atoms with Crippen molar-refractivity contribution in [3.8, 4) is 0 Å². The van der Waals surface area contributed by atoms with Gasteiger partial charge in [0.25, 0.3) is 0 Å². The highest BCUT2D eigenvalue weighted by Gasteiger charge is 2.13. The smallest absolute Gasteiger partial charge is 0.0596 e. The zero-order valence-corrected chi connectivity index (χ0v) is 11.4. The molecule has 4 heteroatoms. The lowest BCUT2D eigenvalue weighted by molar-refractivity contribution is 0.0598. The Hall–Kier alpha value is 0.170. The summed E-state index contributed by atoms with van der Waals surface area (Å²) in [6.45, 7) is 11.8. The quantitative estimate of drug-likeness (QED) is 0.665. The van der Waals surface area contributed by atoms with E-state index in [1.165, 1.54) is 19.5 Å². The number of alkyl halides is 1. The van der Waals surface area contributed by atoms with Crippen molar-refractivity contribution >= 4 is 11.6 Å². The molecule has 3 nitrogen and oxygen atoms in total. The average Bonchev–Trinajstić information content (AvgIpc) is 2.44. The first-order chi connectivity index (χ1) is 7.72. The Balaban J connectivity index is 2.14. The number of halogens is 1. The second kappa shape index (κ2) is 8.29. The van der Waals surface area contributed by atoms with Crippen LogP contribution in [0.15, 0.2) is 0 Å². The summed E-state index contributed by atoms with van der Waals surface area (Å²) in [6.07, 6.45) is 1.60. The van der Waals surface area contributed by atoms with E-state index in [-0.39, 0.29) is 0 Å². The Morgan fingerprint density at radius 3 is 2.25 bits per heavy atom. The van der Waals surface area contributed by atoms with E-state index in [1.807, 2.05) is 0 Å². The predicted octanol–water partition coefficient (Wildman–Crippen LogP) is 1.66. The highest BCUT2D eigenvalue weighted by Crippen LogP contribution is 2.03. The third-order valence-corrected chi connectivity index (χ3v) is 3.11. The molecule has 1 heterocycles. The zero-order valence-electron chi connectivity index (χ0n) is 10.6. The molecule has 1 aliphatic rings. The molecule has 0 bridgehead atoms. The molecule has 0 N–H and O–H groups in total. The Kier molecular flexibility index (Phi) is 7.37. The van der Waals surface area contributed by atoms with Crippen LogP contribution in [-0.4, -0.2) is 67.7 Å². The number of hydrogen-bond donors (Lipinski definition) is 0. The van der Waals surface area contributed by atoms with E-state index >= 15 is 0 Å². The van der Waals surface area contributed by atoms with Gasteiger partial charge in [-0.3, -0.25) is 4.90 Å². The van der Waals surface area contributed by atoms with Gasteiger partial charge in [0.2, 0.25) is 0 Å². The molecule has 16 heavy (non-hydrogen) atoms. The minimum Gasteiger partial charge on any atom is -0.377 e. The Labute approximate surface area is 105 Å². The fourth-order valence-electron chi connectivity index (χ4n) is 2.01. The van der Waals surface area contributed by atoms with E-state index in [2.05, 4.69) is 23.6 Å². The predicted molar refractivity (Wildman–Crippen MR) is 69.3 cm³/mol. The Morgan fingerprint density at radius 1 is 1.06 bits per heavy atom. The van der Waals surface area contributed by atoms with Gasteiger partial charge in [0.1, 0.15) is 0 Å². The summed E-state index contributed by atoms with van der Waals surface area (Å²) in [6, 6.07) is 0. The fraction of sp³-hybridized carbons (Fsp3) is 1.00. The molecule has 1 rings (SSSR count). The molecule has 0 aromatic carbocycles. The molecule has 0 spiro atoms. The van der Waals surface area contributed by atoms with Crippen molar-refractivity contribution in [2.45, 2.75) is 26.4 Å². The van der Waals surface area contributed by atoms with Gasteiger partial charge in [-0.1, -0.05) is 0 Å². The first-order valence-electron chi connectivity index (χ1n) is 6.34. The first kappa shape index (κ1) is 14.2. The summed E-state index contributed by atoms with van der Waals surface area (Å²) < 4.78 is 5.58. The van der Waals surface area contributed by atoms with Crippen LogP contribution in [0.2, 0.25) is 0 Å². The number of hydrogen-bond acceptors (Lipinski definition) is 3. The first-order valence-corrected chi connectivity index (χ1v) is 6.88. The summed E-state index contributed by atoms with van der Waals surface area (Å²) in [5.74, 6) is 0.746. The van der Waals surface area contributed by atoms with Crippen LogP contribution >= 0.6 is 11.6 Å². The van der Waals surface area contributed by atoms with Gasteiger partial charge in [0.05, 0.1) is 12.7 Å². The van der Waals surface area contributed by atoms with Gasteiger partial charge in [-0.15, -0.1) is 11.6 Å². The van der Waals surface area contributed by atoms with E-state index in [0.29, 0.717) is 6.10 Å². The van der Waals surface area contributed by atoms with Crippen molar-refractivity contribution in [3.05, 3.63) is 0 Å². The molecule has 96 valence electrons. The molecule has 0 aromatic rings. The van der Waals surface area contributed by atoms with Crippen LogP contribution in [0.5, 0.6) is 0 Å². The summed E-state index contributed by atoms with van der Waals surface area (Å²) in [4.78, 5) is 4.95. The van der Waals surface area contributed by atoms with Crippen molar-refractivity contribution < 1.29 is 4.74 Å². The van der Waals surface area contributed by atoms with Gasteiger partial charge in [-0.25, -0.2) is 0 Å². The zero-order chi connectivity index (χ0) is 11.8. The molecule has 1 saturated heterocycles. The molecule has 0 amide bonds. The second-order valence-corrected chi connectivity index (χ2v) is 5.02. The average molecular weight is 249 g/mol. The van der Waals surface area contributed by atoms with Crippen molar-refractivity contribution in [1.29, 1.82) is 0 Å². The lowest BCUT2D eigenvalue weighted by atomic mass is 10.4. The summed E-state index contributed by atoms with van der Waals surface area (Å²) >= 11 is 5.77. The highest BCUT2D eigenvalue weighted by molar-refractivity contribution is 6.18. The van der Waals surface area contributed by atoms with Crippen LogP contribution in [0.25, 0.3) is 0 Å². The lowest BCUT2D eigenvalue weighted by Crippen LogP contribution is -2.33. The van der Waals surface area contributed by atoms with Crippen molar-refractivity contribution in [2.24, 2.45) is 0 Å². The number of ether oxygens (including phenoxy) is 1. The van der Waals surface area contributed by atoms with E-state index in [4.69, 9.17) is 16.3 Å². The summed E-state index contributed by atoms with van der Waals surface area (Å²) in [5, 5.41) is 0. The molecule has 0 saturated carbocycles. The van der Waals surface area contributed by atoms with Crippen LogP contribution < -0.4 is 0 Å². The Morgan fingerprint density at radius 2 is 1.69 bits per heavy atom. The van der Waals surface area contributed by atoms with Crippen LogP contribution in [0.3, 0.4) is 0 Å². The van der Waals surface area contributed by atoms with E-state index < -0.39 is 0 Å². The van der Waals surface area contributed by atoms with Crippen LogP contribution in [0.4, 0.5) is 0 Å². The fourth-order valence-corrected chi connectivity index (χ4v) is 2.25. The third kappa shape index (κ3) is 6.04. The molecule has 0 radical (unpaired) electrons. The van der Waals surface area contributed by atoms with Crippen molar-refractivity contribution in [1.82, 2.24) is 9.80 Å². The van der Waals surface area contributed by atoms with Crippen molar-refractivity contribution in [3.63, 3.8) is 0 Å². The minimum absolute atomic E-state index is 0.347. The van der Waals surface area contributed by atoms with Crippen molar-refractivity contribution in [2.75, 3.05) is 51.8 Å². The number of rotatable bonds is 6. The summed E-state index contributed by atoms with van der Waals surface area (Å²) in [7, 11) is 0. The molecular weight excluding hydrogens is 224 g/mol. The standard InChI is InChI=1S/C12H25ClN2O/c1-12(2)16-11-10-15-6-3-5-14(7-4-13)8-9-15/h12H,3-11H2,1-2H3. The highest BCUT2D eigenvalue weighted by atomic mass is 35.5. The maximum atomic E-state index is 5.77. The largest absolute Gasteiger partial charge is 0.377 e. The van der Waals surface area contributed by atoms with E-state index in [9.17, 15) is 0 Å². The lowest BCUT2D eigenvalue weighted by Gasteiger charge is -2.21. The minimum atomic E-state index is 0.347. The molecular formula is C12H25ClN2O. The van der Waals surface area contributed by atoms with E-state index in [1.54, 1.807) is 0 Å². The molecule has 0 atom stereocenters. The third-order valence-electron chi connectivity index (χ3n) is 2.94. The van der Waals surface area contributed by atoms with Gasteiger partial charge in [-0.05, 0) is 33.4 Å². The second-order valence-electron chi connectivity index (χ2n) is 4.65. The van der Waals surface area contributed by atoms with Gasteiger partial charge >= 0.3 is 0 Å². The molecule has 1 aliphatic heterocycles. The van der Waals surface area contributed by atoms with Crippen LogP contribution in [-0.2, 0) is 4.74 Å². The Bertz CT molecular complexity index is 178. The molecule has 0 aliphatic carbocycles. The van der Waals surface area contributed by atoms with Crippen LogP contribution in [0.1, 0.15) is 20.3 Å². The topological polar surface area (TPSA) is 15.7 Å². The normalized spacial score (nSPS) is 20.2. The molecule has 0 unspecified atom stereocenters.